The van der Waals surface area contributed by atoms with Gasteiger partial charge in [0.1, 0.15) is 5.69 Å². The lowest BCUT2D eigenvalue weighted by Gasteiger charge is -2.20. The highest BCUT2D eigenvalue weighted by Gasteiger charge is 2.29. The molecule has 1 aromatic carbocycles. The van der Waals surface area contributed by atoms with E-state index in [1.54, 1.807) is 28.8 Å². The smallest absolute Gasteiger partial charge is 0.256 e. The van der Waals surface area contributed by atoms with E-state index in [1.807, 2.05) is 18.2 Å². The summed E-state index contributed by atoms with van der Waals surface area (Å²) >= 11 is 0. The number of carbonyl (C=O) groups is 1. The van der Waals surface area contributed by atoms with Crippen LogP contribution >= 0.6 is 0 Å². The van der Waals surface area contributed by atoms with Gasteiger partial charge in [-0.05, 0) is 62.9 Å². The van der Waals surface area contributed by atoms with Gasteiger partial charge in [0.15, 0.2) is 23.1 Å². The van der Waals surface area contributed by atoms with E-state index in [-0.39, 0.29) is 17.3 Å². The Morgan fingerprint density at radius 3 is 2.49 bits per heavy atom. The van der Waals surface area contributed by atoms with E-state index in [1.165, 1.54) is 12.1 Å². The molecule has 0 radical (unpaired) electrons. The third-order valence-corrected chi connectivity index (χ3v) is 6.64. The summed E-state index contributed by atoms with van der Waals surface area (Å²) in [4.78, 5) is 24.3. The molecule has 1 saturated heterocycles. The van der Waals surface area contributed by atoms with Crippen molar-refractivity contribution in [1.82, 2.24) is 19.7 Å². The molecular formula is C26H24F2N6O. The fourth-order valence-electron chi connectivity index (χ4n) is 4.79. The van der Waals surface area contributed by atoms with Crippen molar-refractivity contribution in [2.75, 3.05) is 23.3 Å². The van der Waals surface area contributed by atoms with Gasteiger partial charge in [0.05, 0.1) is 16.6 Å². The molecule has 1 aliphatic carbocycles. The molecule has 1 saturated carbocycles. The number of rotatable bonds is 5. The highest BCUT2D eigenvalue weighted by atomic mass is 19.1. The summed E-state index contributed by atoms with van der Waals surface area (Å²) < 4.78 is 31.3. The molecule has 1 aliphatic heterocycles. The number of nitrogens with one attached hydrogen (secondary N) is 1. The maximum Gasteiger partial charge on any atom is 0.256 e. The second-order valence-electron chi connectivity index (χ2n) is 9.19. The Morgan fingerprint density at radius 1 is 1.09 bits per heavy atom. The van der Waals surface area contributed by atoms with Gasteiger partial charge in [0, 0.05) is 36.6 Å². The van der Waals surface area contributed by atoms with Crippen LogP contribution in [-0.4, -0.2) is 38.7 Å². The predicted molar refractivity (Wildman–Crippen MR) is 129 cm³/mol. The number of fused-ring (bicyclic) bond motifs is 1. The number of anilines is 2. The molecule has 4 aromatic rings. The van der Waals surface area contributed by atoms with Gasteiger partial charge in [-0.2, -0.15) is 9.78 Å². The van der Waals surface area contributed by atoms with Crippen molar-refractivity contribution in [3.05, 3.63) is 71.2 Å². The number of aromatic nitrogens is 4. The summed E-state index contributed by atoms with van der Waals surface area (Å²) in [6.07, 6.45) is 5.50. The van der Waals surface area contributed by atoms with E-state index in [9.17, 15) is 13.6 Å². The number of benzene rings is 1. The van der Waals surface area contributed by atoms with Crippen molar-refractivity contribution in [3.63, 3.8) is 0 Å². The molecule has 4 heterocycles. The molecule has 9 heteroatoms. The molecule has 0 bridgehead atoms. The van der Waals surface area contributed by atoms with E-state index in [0.29, 0.717) is 41.2 Å². The van der Waals surface area contributed by atoms with Crippen LogP contribution in [0.2, 0.25) is 0 Å². The maximum absolute atomic E-state index is 14.8. The molecule has 2 fully saturated rings. The number of aryl methyl sites for hydroxylation is 1. The van der Waals surface area contributed by atoms with E-state index < -0.39 is 17.5 Å². The zero-order valence-corrected chi connectivity index (χ0v) is 19.3. The number of nitrogens with zero attached hydrogens (tertiary/aromatic N) is 5. The van der Waals surface area contributed by atoms with Gasteiger partial charge in [-0.25, -0.2) is 18.7 Å². The first-order chi connectivity index (χ1) is 17.0. The van der Waals surface area contributed by atoms with E-state index in [2.05, 4.69) is 15.4 Å². The lowest BCUT2D eigenvalue weighted by Crippen LogP contribution is -2.21. The second-order valence-corrected chi connectivity index (χ2v) is 9.19. The van der Waals surface area contributed by atoms with Crippen LogP contribution in [-0.2, 0) is 0 Å². The summed E-state index contributed by atoms with van der Waals surface area (Å²) in [7, 11) is 0. The van der Waals surface area contributed by atoms with Gasteiger partial charge in [0.25, 0.3) is 5.91 Å². The molecule has 3 aromatic heterocycles. The summed E-state index contributed by atoms with van der Waals surface area (Å²) in [5, 5.41) is 7.89. The lowest BCUT2D eigenvalue weighted by molar-refractivity contribution is 0.102. The predicted octanol–water partition coefficient (Wildman–Crippen LogP) is 5.13. The van der Waals surface area contributed by atoms with E-state index in [4.69, 9.17) is 4.98 Å². The van der Waals surface area contributed by atoms with Gasteiger partial charge in [-0.3, -0.25) is 4.79 Å². The minimum absolute atomic E-state index is 0.0321. The molecule has 178 valence electrons. The fourth-order valence-corrected chi connectivity index (χ4v) is 4.79. The minimum atomic E-state index is -0.681. The zero-order chi connectivity index (χ0) is 24.1. The third-order valence-electron chi connectivity index (χ3n) is 6.64. The maximum atomic E-state index is 14.8. The highest BCUT2D eigenvalue weighted by Crippen LogP contribution is 2.41. The molecule has 0 atom stereocenters. The van der Waals surface area contributed by atoms with E-state index in [0.717, 1.165) is 31.4 Å². The van der Waals surface area contributed by atoms with Crippen molar-refractivity contribution in [2.45, 2.75) is 38.5 Å². The first kappa shape index (κ1) is 21.6. The standard InChI is InChI=1S/C26H24F2N6O/c1-15-23-18(26(35)30-17-12-19(27)24(20(28)13-17)33-10-4-5-11-33)14-21(16-7-8-16)31-25(23)34(32-15)22-6-2-3-9-29-22/h2-3,6,9,12-14,16H,4-5,7-8,10-11H2,1H3,(H,30,35). The SMILES string of the molecule is Cc1nn(-c2ccccn2)c2nc(C3CC3)cc(C(=O)Nc3cc(F)c(N4CCCC4)c(F)c3)c12. The topological polar surface area (TPSA) is 75.9 Å². The summed E-state index contributed by atoms with van der Waals surface area (Å²) in [6.45, 7) is 3.05. The molecule has 2 aliphatic rings. The monoisotopic (exact) mass is 474 g/mol. The first-order valence-corrected chi connectivity index (χ1v) is 11.9. The summed E-state index contributed by atoms with van der Waals surface area (Å²) in [5.41, 5.74) is 2.38. The number of halogens is 2. The number of carbonyl (C=O) groups excluding carboxylic acids is 1. The van der Waals surface area contributed by atoms with Crippen LogP contribution in [0.1, 0.15) is 53.3 Å². The van der Waals surface area contributed by atoms with Crippen molar-refractivity contribution in [3.8, 4) is 5.82 Å². The van der Waals surface area contributed by atoms with Crippen LogP contribution in [0.4, 0.5) is 20.2 Å². The van der Waals surface area contributed by atoms with Gasteiger partial charge >= 0.3 is 0 Å². The minimum Gasteiger partial charge on any atom is -0.367 e. The number of pyridine rings is 2. The number of hydrogen-bond donors (Lipinski definition) is 1. The number of hydrogen-bond acceptors (Lipinski definition) is 5. The van der Waals surface area contributed by atoms with Gasteiger partial charge in [0.2, 0.25) is 0 Å². The molecule has 6 rings (SSSR count). The molecular weight excluding hydrogens is 450 g/mol. The normalized spacial score (nSPS) is 15.7. The molecule has 0 spiro atoms. The van der Waals surface area contributed by atoms with Crippen LogP contribution in [0, 0.1) is 18.6 Å². The van der Waals surface area contributed by atoms with Crippen LogP contribution < -0.4 is 10.2 Å². The van der Waals surface area contributed by atoms with Crippen LogP contribution in [0.15, 0.2) is 42.6 Å². The summed E-state index contributed by atoms with van der Waals surface area (Å²) in [5.74, 6) is -0.942. The Hall–Kier alpha value is -3.88. The molecule has 35 heavy (non-hydrogen) atoms. The zero-order valence-electron chi connectivity index (χ0n) is 19.3. The Labute approximate surface area is 200 Å². The molecule has 1 amide bonds. The average Bonchev–Trinajstić information content (AvgIpc) is 3.46. The third kappa shape index (κ3) is 3.90. The Balaban J connectivity index is 1.40. The molecule has 7 nitrogen and oxygen atoms in total. The van der Waals surface area contributed by atoms with Crippen molar-refractivity contribution in [1.29, 1.82) is 0 Å². The fraction of sp³-hybridized carbons (Fsp3) is 0.308. The number of amides is 1. The Kier molecular flexibility index (Phi) is 5.20. The molecule has 0 unspecified atom stereocenters. The van der Waals surface area contributed by atoms with Gasteiger partial charge in [-0.15, -0.1) is 0 Å². The van der Waals surface area contributed by atoms with Crippen molar-refractivity contribution >= 4 is 28.3 Å². The summed E-state index contributed by atoms with van der Waals surface area (Å²) in [6, 6.07) is 9.64. The lowest BCUT2D eigenvalue weighted by atomic mass is 10.1. The first-order valence-electron chi connectivity index (χ1n) is 11.9. The van der Waals surface area contributed by atoms with Gasteiger partial charge in [-0.1, -0.05) is 6.07 Å². The largest absolute Gasteiger partial charge is 0.367 e. The van der Waals surface area contributed by atoms with Crippen molar-refractivity contribution < 1.29 is 13.6 Å². The quantitative estimate of drug-likeness (QED) is 0.434. The Morgan fingerprint density at radius 2 is 1.83 bits per heavy atom. The van der Waals surface area contributed by atoms with Crippen LogP contribution in [0.5, 0.6) is 0 Å². The molecule has 1 N–H and O–H groups in total. The van der Waals surface area contributed by atoms with Crippen LogP contribution in [0.25, 0.3) is 16.9 Å². The van der Waals surface area contributed by atoms with E-state index >= 15 is 0 Å². The van der Waals surface area contributed by atoms with Gasteiger partial charge < -0.3 is 10.2 Å². The Bertz CT molecular complexity index is 1420. The average molecular weight is 475 g/mol. The second kappa shape index (κ2) is 8.41. The van der Waals surface area contributed by atoms with Crippen LogP contribution in [0.3, 0.4) is 0 Å². The van der Waals surface area contributed by atoms with Crippen molar-refractivity contribution in [2.24, 2.45) is 0 Å². The highest BCUT2D eigenvalue weighted by molar-refractivity contribution is 6.13.